The SMILES string of the molecule is CC(O)NN1C(=O)C2Sc3cc(OC(F)(F)F)ccc3N=C2CC12CCOCC2. The summed E-state index contributed by atoms with van der Waals surface area (Å²) < 4.78 is 47.0. The van der Waals surface area contributed by atoms with Crippen LogP contribution in [0.5, 0.6) is 5.75 Å². The van der Waals surface area contributed by atoms with Crippen molar-refractivity contribution in [1.82, 2.24) is 10.4 Å². The lowest BCUT2D eigenvalue weighted by Gasteiger charge is -2.51. The Morgan fingerprint density at radius 1 is 1.41 bits per heavy atom. The molecule has 2 unspecified atom stereocenters. The maximum absolute atomic E-state index is 13.3. The number of benzene rings is 1. The highest BCUT2D eigenvalue weighted by Gasteiger charge is 2.52. The van der Waals surface area contributed by atoms with Crippen LogP contribution in [0.4, 0.5) is 18.9 Å². The van der Waals surface area contributed by atoms with Crippen molar-refractivity contribution in [3.05, 3.63) is 18.2 Å². The van der Waals surface area contributed by atoms with Gasteiger partial charge in [-0.3, -0.25) is 14.8 Å². The molecule has 2 atom stereocenters. The van der Waals surface area contributed by atoms with E-state index in [1.165, 1.54) is 30.1 Å². The van der Waals surface area contributed by atoms with Crippen LogP contribution in [0.3, 0.4) is 0 Å². The third kappa shape index (κ3) is 4.09. The third-order valence-corrected chi connectivity index (χ3v) is 6.44. The zero-order valence-electron chi connectivity index (χ0n) is 15.5. The zero-order valence-corrected chi connectivity index (χ0v) is 16.3. The Morgan fingerprint density at radius 2 is 2.14 bits per heavy atom. The highest BCUT2D eigenvalue weighted by atomic mass is 32.2. The number of hydrogen-bond donors (Lipinski definition) is 2. The van der Waals surface area contributed by atoms with Gasteiger partial charge in [0.15, 0.2) is 0 Å². The van der Waals surface area contributed by atoms with Crippen molar-refractivity contribution in [2.45, 2.75) is 54.5 Å². The van der Waals surface area contributed by atoms with E-state index in [1.54, 1.807) is 0 Å². The number of fused-ring (bicyclic) bond motifs is 2. The van der Waals surface area contributed by atoms with Crippen LogP contribution in [0.2, 0.25) is 0 Å². The number of alkyl halides is 3. The Hall–Kier alpha value is -1.82. The lowest BCUT2D eigenvalue weighted by Crippen LogP contribution is -2.69. The van der Waals surface area contributed by atoms with Crippen molar-refractivity contribution in [2.24, 2.45) is 4.99 Å². The van der Waals surface area contributed by atoms with Gasteiger partial charge in [0.05, 0.1) is 11.2 Å². The van der Waals surface area contributed by atoms with E-state index in [0.29, 0.717) is 48.8 Å². The summed E-state index contributed by atoms with van der Waals surface area (Å²) in [5, 5.41) is 10.6. The first-order valence-corrected chi connectivity index (χ1v) is 10.0. The van der Waals surface area contributed by atoms with Crippen LogP contribution in [-0.4, -0.2) is 58.3 Å². The summed E-state index contributed by atoms with van der Waals surface area (Å²) in [6.45, 7) is 2.50. The van der Waals surface area contributed by atoms with E-state index in [2.05, 4.69) is 15.2 Å². The average Bonchev–Trinajstić information content (AvgIpc) is 2.63. The smallest absolute Gasteiger partial charge is 0.406 e. The number of aliphatic hydroxyl groups excluding tert-OH is 1. The number of thioether (sulfide) groups is 1. The van der Waals surface area contributed by atoms with Crippen LogP contribution in [-0.2, 0) is 9.53 Å². The highest BCUT2D eigenvalue weighted by Crippen LogP contribution is 2.47. The molecule has 4 rings (SSSR count). The summed E-state index contributed by atoms with van der Waals surface area (Å²) >= 11 is 1.15. The van der Waals surface area contributed by atoms with Gasteiger partial charge in [-0.05, 0) is 38.0 Å². The number of rotatable bonds is 3. The number of hydrogen-bond acceptors (Lipinski definition) is 7. The number of hydrazine groups is 1. The number of nitrogens with zero attached hydrogens (tertiary/aromatic N) is 2. The molecule has 2 N–H and O–H groups in total. The third-order valence-electron chi connectivity index (χ3n) is 5.15. The lowest BCUT2D eigenvalue weighted by atomic mass is 9.80. The number of piperidine rings is 1. The van der Waals surface area contributed by atoms with Crippen molar-refractivity contribution in [3.63, 3.8) is 0 Å². The Labute approximate surface area is 169 Å². The van der Waals surface area contributed by atoms with Gasteiger partial charge in [0.2, 0.25) is 0 Å². The van der Waals surface area contributed by atoms with Crippen molar-refractivity contribution >= 4 is 29.1 Å². The monoisotopic (exact) mass is 431 g/mol. The summed E-state index contributed by atoms with van der Waals surface area (Å²) in [7, 11) is 0. The van der Waals surface area contributed by atoms with Gasteiger partial charge in [-0.2, -0.15) is 0 Å². The molecule has 11 heteroatoms. The maximum atomic E-state index is 13.3. The largest absolute Gasteiger partial charge is 0.573 e. The summed E-state index contributed by atoms with van der Waals surface area (Å²) in [5.41, 5.74) is 3.48. The van der Waals surface area contributed by atoms with Crippen molar-refractivity contribution < 1.29 is 32.5 Å². The predicted octanol–water partition coefficient (Wildman–Crippen LogP) is 2.76. The van der Waals surface area contributed by atoms with Crippen LogP contribution < -0.4 is 10.2 Å². The Balaban J connectivity index is 1.68. The van der Waals surface area contributed by atoms with E-state index >= 15 is 0 Å². The second kappa shape index (κ2) is 7.46. The fourth-order valence-corrected chi connectivity index (χ4v) is 5.07. The molecule has 0 aromatic heterocycles. The first-order chi connectivity index (χ1) is 13.7. The van der Waals surface area contributed by atoms with Crippen LogP contribution in [0, 0.1) is 0 Å². The molecule has 0 bridgehead atoms. The molecule has 3 heterocycles. The van der Waals surface area contributed by atoms with Gasteiger partial charge >= 0.3 is 6.36 Å². The Morgan fingerprint density at radius 3 is 2.79 bits per heavy atom. The van der Waals surface area contributed by atoms with Crippen molar-refractivity contribution in [1.29, 1.82) is 0 Å². The van der Waals surface area contributed by atoms with Crippen LogP contribution in [0.25, 0.3) is 0 Å². The van der Waals surface area contributed by atoms with Gasteiger partial charge in [-0.15, -0.1) is 24.9 Å². The first-order valence-electron chi connectivity index (χ1n) is 9.17. The summed E-state index contributed by atoms with van der Waals surface area (Å²) in [6.07, 6.45) is -4.04. The Kier molecular flexibility index (Phi) is 5.26. The van der Waals surface area contributed by atoms with Gasteiger partial charge in [-0.25, -0.2) is 5.43 Å². The van der Waals surface area contributed by atoms with Gasteiger partial charge in [0.25, 0.3) is 5.91 Å². The fourth-order valence-electron chi connectivity index (χ4n) is 3.92. The fraction of sp³-hybridized carbons (Fsp3) is 0.556. The normalized spacial score (nSPS) is 24.6. The molecule has 0 radical (unpaired) electrons. The first kappa shape index (κ1) is 20.5. The molecule has 29 heavy (non-hydrogen) atoms. The quantitative estimate of drug-likeness (QED) is 0.717. The topological polar surface area (TPSA) is 83.4 Å². The predicted molar refractivity (Wildman–Crippen MR) is 98.9 cm³/mol. The molecular weight excluding hydrogens is 411 g/mol. The molecule has 1 amide bonds. The molecule has 1 aromatic rings. The van der Waals surface area contributed by atoms with E-state index < -0.39 is 23.4 Å². The Bertz CT molecular complexity index is 840. The number of nitrogens with one attached hydrogen (secondary N) is 1. The van der Waals surface area contributed by atoms with Gasteiger partial charge in [0, 0.05) is 30.2 Å². The minimum absolute atomic E-state index is 0.282. The van der Waals surface area contributed by atoms with Gasteiger partial charge < -0.3 is 14.6 Å². The summed E-state index contributed by atoms with van der Waals surface area (Å²) in [5.74, 6) is -0.638. The number of halogens is 3. The molecule has 3 aliphatic heterocycles. The summed E-state index contributed by atoms with van der Waals surface area (Å²) in [4.78, 5) is 18.3. The molecule has 0 aliphatic carbocycles. The maximum Gasteiger partial charge on any atom is 0.573 e. The number of ether oxygens (including phenoxy) is 2. The second-order valence-corrected chi connectivity index (χ2v) is 8.42. The molecule has 1 aromatic carbocycles. The van der Waals surface area contributed by atoms with Crippen molar-refractivity contribution in [2.75, 3.05) is 13.2 Å². The number of carbonyl (C=O) groups is 1. The second-order valence-electron chi connectivity index (χ2n) is 7.27. The lowest BCUT2D eigenvalue weighted by molar-refractivity contribution is -0.274. The molecule has 1 spiro atoms. The van der Waals surface area contributed by atoms with Gasteiger partial charge in [-0.1, -0.05) is 0 Å². The van der Waals surface area contributed by atoms with Gasteiger partial charge in [0.1, 0.15) is 17.2 Å². The standard InChI is InChI=1S/C18H20F3N3O4S/c1-10(25)23-24-16(26)15-13(9-17(24)4-6-27-7-5-17)22-12-3-2-11(8-14(12)29-15)28-18(19,20)21/h2-3,8,10,15,23,25H,4-7,9H2,1H3. The van der Waals surface area contributed by atoms with Crippen LogP contribution >= 0.6 is 11.8 Å². The summed E-state index contributed by atoms with van der Waals surface area (Å²) in [6, 6.07) is 3.92. The number of aliphatic imine (C=N–C) groups is 1. The highest BCUT2D eigenvalue weighted by molar-refractivity contribution is 8.01. The van der Waals surface area contributed by atoms with E-state index in [9.17, 15) is 23.1 Å². The number of amides is 1. The molecular formula is C18H20F3N3O4S. The van der Waals surface area contributed by atoms with E-state index in [1.807, 2.05) is 0 Å². The molecule has 2 fully saturated rings. The molecule has 7 nitrogen and oxygen atoms in total. The average molecular weight is 431 g/mol. The molecule has 3 aliphatic rings. The van der Waals surface area contributed by atoms with Crippen LogP contribution in [0.1, 0.15) is 26.2 Å². The van der Waals surface area contributed by atoms with E-state index in [4.69, 9.17) is 4.74 Å². The molecule has 158 valence electrons. The minimum atomic E-state index is -4.80. The van der Waals surface area contributed by atoms with Crippen LogP contribution in [0.15, 0.2) is 28.1 Å². The number of carbonyl (C=O) groups excluding carboxylic acids is 1. The van der Waals surface area contributed by atoms with Crippen molar-refractivity contribution in [3.8, 4) is 5.75 Å². The molecule has 2 saturated heterocycles. The zero-order chi connectivity index (χ0) is 20.8. The molecule has 0 saturated carbocycles. The minimum Gasteiger partial charge on any atom is -0.406 e. The van der Waals surface area contributed by atoms with E-state index in [-0.39, 0.29) is 11.7 Å². The number of aliphatic hydroxyl groups is 1. The van der Waals surface area contributed by atoms with E-state index in [0.717, 1.165) is 11.8 Å².